The number of aryl methyl sites for hydroxylation is 1. The minimum atomic E-state index is 0.299. The highest BCUT2D eigenvalue weighted by molar-refractivity contribution is 7.80. The van der Waals surface area contributed by atoms with Gasteiger partial charge in [0.2, 0.25) is 0 Å². The second kappa shape index (κ2) is 7.28. The van der Waals surface area contributed by atoms with Gasteiger partial charge in [-0.15, -0.1) is 0 Å². The summed E-state index contributed by atoms with van der Waals surface area (Å²) in [6.07, 6.45) is 2.11. The topological polar surface area (TPSA) is 24.1 Å². The Morgan fingerprint density at radius 3 is 2.41 bits per heavy atom. The van der Waals surface area contributed by atoms with E-state index in [0.717, 1.165) is 24.5 Å². The van der Waals surface area contributed by atoms with E-state index in [0.29, 0.717) is 6.04 Å². The fraction of sp³-hybridized carbons (Fsp3) is 0.500. The average Bonchev–Trinajstić information content (AvgIpc) is 2.34. The lowest BCUT2D eigenvalue weighted by Gasteiger charge is -2.20. The maximum Gasteiger partial charge on any atom is 0.166 e. The molecule has 0 saturated heterocycles. The van der Waals surface area contributed by atoms with Crippen LogP contribution in [-0.4, -0.2) is 11.7 Å². The van der Waals surface area contributed by atoms with Crippen molar-refractivity contribution in [2.24, 2.45) is 0 Å². The number of rotatable bonds is 5. The molecule has 0 saturated carbocycles. The number of hydrogen-bond donors (Lipinski definition) is 2. The first kappa shape index (κ1) is 14.0. The van der Waals surface area contributed by atoms with Gasteiger partial charge in [0.05, 0.1) is 6.04 Å². The summed E-state index contributed by atoms with van der Waals surface area (Å²) in [7, 11) is 0. The van der Waals surface area contributed by atoms with Gasteiger partial charge in [0.15, 0.2) is 5.11 Å². The Labute approximate surface area is 110 Å². The monoisotopic (exact) mass is 250 g/mol. The summed E-state index contributed by atoms with van der Waals surface area (Å²) in [5, 5.41) is 7.31. The van der Waals surface area contributed by atoms with Crippen molar-refractivity contribution in [3.05, 3.63) is 35.4 Å². The minimum absolute atomic E-state index is 0.299. The lowest BCUT2D eigenvalue weighted by atomic mass is 10.0. The third kappa shape index (κ3) is 4.73. The summed E-state index contributed by atoms with van der Waals surface area (Å²) in [5.41, 5.74) is 2.58. The highest BCUT2D eigenvalue weighted by Gasteiger charge is 2.09. The van der Waals surface area contributed by atoms with E-state index in [4.69, 9.17) is 12.2 Å². The van der Waals surface area contributed by atoms with Crippen molar-refractivity contribution in [1.82, 2.24) is 10.6 Å². The Balaban J connectivity index is 2.59. The number of benzene rings is 1. The van der Waals surface area contributed by atoms with Crippen LogP contribution in [0.3, 0.4) is 0 Å². The van der Waals surface area contributed by atoms with Crippen LogP contribution in [0.15, 0.2) is 24.3 Å². The summed E-state index contributed by atoms with van der Waals surface area (Å²) in [5.74, 6) is 0. The van der Waals surface area contributed by atoms with E-state index in [9.17, 15) is 0 Å². The van der Waals surface area contributed by atoms with Crippen molar-refractivity contribution >= 4 is 17.3 Å². The summed E-state index contributed by atoms with van der Waals surface area (Å²) in [4.78, 5) is 0. The molecule has 0 aliphatic heterocycles. The number of thiocarbonyl (C=S) groups is 1. The van der Waals surface area contributed by atoms with Gasteiger partial charge in [-0.3, -0.25) is 0 Å². The van der Waals surface area contributed by atoms with Crippen LogP contribution >= 0.6 is 12.2 Å². The van der Waals surface area contributed by atoms with Crippen LogP contribution in [0, 0.1) is 6.92 Å². The smallest absolute Gasteiger partial charge is 0.166 e. The molecule has 1 aromatic rings. The molecule has 0 aliphatic carbocycles. The predicted molar refractivity (Wildman–Crippen MR) is 78.2 cm³/mol. The van der Waals surface area contributed by atoms with Crippen molar-refractivity contribution in [2.75, 3.05) is 6.54 Å². The van der Waals surface area contributed by atoms with E-state index >= 15 is 0 Å². The molecule has 0 aliphatic rings. The van der Waals surface area contributed by atoms with Gasteiger partial charge < -0.3 is 10.6 Å². The van der Waals surface area contributed by atoms with Crippen molar-refractivity contribution < 1.29 is 0 Å². The maximum atomic E-state index is 5.27. The molecule has 0 heterocycles. The molecule has 0 bridgehead atoms. The van der Waals surface area contributed by atoms with E-state index in [1.807, 2.05) is 0 Å². The maximum absolute atomic E-state index is 5.27. The zero-order valence-corrected chi connectivity index (χ0v) is 11.7. The largest absolute Gasteiger partial charge is 0.363 e. The molecule has 17 heavy (non-hydrogen) atoms. The van der Waals surface area contributed by atoms with Crippen LogP contribution in [-0.2, 0) is 0 Å². The van der Waals surface area contributed by atoms with Gasteiger partial charge in [-0.25, -0.2) is 0 Å². The molecule has 2 nitrogen and oxygen atoms in total. The molecular weight excluding hydrogens is 228 g/mol. The SMILES string of the molecule is CCCNC(=S)NC(CC)c1ccc(C)cc1. The highest BCUT2D eigenvalue weighted by Crippen LogP contribution is 2.16. The van der Waals surface area contributed by atoms with Gasteiger partial charge >= 0.3 is 0 Å². The average molecular weight is 250 g/mol. The lowest BCUT2D eigenvalue weighted by molar-refractivity contribution is 0.615. The Bertz CT molecular complexity index is 346. The Kier molecular flexibility index (Phi) is 5.98. The van der Waals surface area contributed by atoms with E-state index in [1.165, 1.54) is 11.1 Å². The van der Waals surface area contributed by atoms with Crippen LogP contribution < -0.4 is 10.6 Å². The molecule has 0 aromatic heterocycles. The first-order valence-corrected chi connectivity index (χ1v) is 6.69. The van der Waals surface area contributed by atoms with Crippen LogP contribution in [0.4, 0.5) is 0 Å². The molecule has 0 spiro atoms. The Morgan fingerprint density at radius 2 is 1.88 bits per heavy atom. The molecule has 0 amide bonds. The van der Waals surface area contributed by atoms with Crippen molar-refractivity contribution in [2.45, 2.75) is 39.7 Å². The fourth-order valence-electron chi connectivity index (χ4n) is 1.67. The normalized spacial score (nSPS) is 11.9. The summed E-state index contributed by atoms with van der Waals surface area (Å²) in [6, 6.07) is 8.91. The Morgan fingerprint density at radius 1 is 1.24 bits per heavy atom. The zero-order valence-electron chi connectivity index (χ0n) is 10.9. The van der Waals surface area contributed by atoms with Gasteiger partial charge in [0.1, 0.15) is 0 Å². The third-order valence-electron chi connectivity index (χ3n) is 2.73. The molecular formula is C14H22N2S. The van der Waals surface area contributed by atoms with E-state index in [2.05, 4.69) is 55.7 Å². The molecule has 2 N–H and O–H groups in total. The first-order valence-electron chi connectivity index (χ1n) is 6.28. The van der Waals surface area contributed by atoms with E-state index in [-0.39, 0.29) is 0 Å². The van der Waals surface area contributed by atoms with Crippen LogP contribution in [0.5, 0.6) is 0 Å². The van der Waals surface area contributed by atoms with Crippen molar-refractivity contribution in [3.63, 3.8) is 0 Å². The van der Waals surface area contributed by atoms with Crippen LogP contribution in [0.1, 0.15) is 43.9 Å². The minimum Gasteiger partial charge on any atom is -0.363 e. The highest BCUT2D eigenvalue weighted by atomic mass is 32.1. The van der Waals surface area contributed by atoms with E-state index in [1.54, 1.807) is 0 Å². The molecule has 0 fully saturated rings. The molecule has 1 atom stereocenters. The van der Waals surface area contributed by atoms with Gasteiger partial charge in [-0.1, -0.05) is 43.7 Å². The van der Waals surface area contributed by atoms with Gasteiger partial charge in [0, 0.05) is 6.54 Å². The number of hydrogen-bond acceptors (Lipinski definition) is 1. The van der Waals surface area contributed by atoms with Crippen molar-refractivity contribution in [1.29, 1.82) is 0 Å². The summed E-state index contributed by atoms with van der Waals surface area (Å²) >= 11 is 5.27. The first-order chi connectivity index (χ1) is 8.17. The Hall–Kier alpha value is -1.09. The fourth-order valence-corrected chi connectivity index (χ4v) is 1.91. The van der Waals surface area contributed by atoms with Crippen LogP contribution in [0.2, 0.25) is 0 Å². The second-order valence-electron chi connectivity index (χ2n) is 4.27. The van der Waals surface area contributed by atoms with Crippen molar-refractivity contribution in [3.8, 4) is 0 Å². The lowest BCUT2D eigenvalue weighted by Crippen LogP contribution is -2.37. The number of nitrogens with one attached hydrogen (secondary N) is 2. The standard InChI is InChI=1S/C14H22N2S/c1-4-10-15-14(17)16-13(5-2)12-8-6-11(3)7-9-12/h6-9,13H,4-5,10H2,1-3H3,(H2,15,16,17). The molecule has 0 radical (unpaired) electrons. The molecule has 94 valence electrons. The zero-order chi connectivity index (χ0) is 12.7. The molecule has 3 heteroatoms. The van der Waals surface area contributed by atoms with Gasteiger partial charge in [-0.05, 0) is 37.5 Å². The van der Waals surface area contributed by atoms with Gasteiger partial charge in [0.25, 0.3) is 0 Å². The summed E-state index contributed by atoms with van der Waals surface area (Å²) in [6.45, 7) is 7.33. The third-order valence-corrected chi connectivity index (χ3v) is 2.99. The van der Waals surface area contributed by atoms with E-state index < -0.39 is 0 Å². The molecule has 1 unspecified atom stereocenters. The van der Waals surface area contributed by atoms with Crippen LogP contribution in [0.25, 0.3) is 0 Å². The quantitative estimate of drug-likeness (QED) is 0.784. The molecule has 1 aromatic carbocycles. The molecule has 1 rings (SSSR count). The van der Waals surface area contributed by atoms with Gasteiger partial charge in [-0.2, -0.15) is 0 Å². The predicted octanol–water partition coefficient (Wildman–Crippen LogP) is 3.32. The second-order valence-corrected chi connectivity index (χ2v) is 4.68. The summed E-state index contributed by atoms with van der Waals surface area (Å²) < 4.78 is 0.